The molecule has 0 aliphatic carbocycles. The summed E-state index contributed by atoms with van der Waals surface area (Å²) in [7, 11) is 3.16. The number of urea groups is 1. The van der Waals surface area contributed by atoms with Gasteiger partial charge in [-0.05, 0) is 13.0 Å². The predicted octanol–water partition coefficient (Wildman–Crippen LogP) is 0.802. The minimum atomic E-state index is -4.59. The highest BCUT2D eigenvalue weighted by Gasteiger charge is 2.33. The first-order valence-electron chi connectivity index (χ1n) is 7.85. The van der Waals surface area contributed by atoms with E-state index in [4.69, 9.17) is 4.74 Å². The number of aryl methyl sites for hydroxylation is 1. The first-order valence-corrected chi connectivity index (χ1v) is 7.85. The van der Waals surface area contributed by atoms with Gasteiger partial charge in [0.25, 0.3) is 5.91 Å². The van der Waals surface area contributed by atoms with E-state index in [2.05, 4.69) is 15.3 Å². The van der Waals surface area contributed by atoms with E-state index in [0.717, 1.165) is 6.07 Å². The van der Waals surface area contributed by atoms with Gasteiger partial charge < -0.3 is 19.9 Å². The third kappa shape index (κ3) is 5.04. The molecule has 0 bridgehead atoms. The number of carbonyl (C=O) groups excluding carboxylic acids is 2. The first kappa shape index (κ1) is 19.9. The summed E-state index contributed by atoms with van der Waals surface area (Å²) in [5.74, 6) is -0.404. The topological polar surface area (TPSA) is 87.7 Å². The van der Waals surface area contributed by atoms with E-state index in [1.165, 1.54) is 16.7 Å². The highest BCUT2D eigenvalue weighted by molar-refractivity contribution is 5.82. The highest BCUT2D eigenvalue weighted by atomic mass is 19.4. The molecule has 1 aliphatic heterocycles. The van der Waals surface area contributed by atoms with Crippen molar-refractivity contribution in [3.05, 3.63) is 23.3 Å². The number of likely N-dealkylation sites (N-methyl/N-ethyl adjacent to an activating group) is 1. The number of rotatable bonds is 3. The minimum absolute atomic E-state index is 0.0608. The molecule has 2 rings (SSSR count). The predicted molar refractivity (Wildman–Crippen MR) is 84.0 cm³/mol. The second-order valence-electron chi connectivity index (χ2n) is 6.01. The number of hydrogen-bond donors (Lipinski definition) is 1. The zero-order chi connectivity index (χ0) is 19.5. The largest absolute Gasteiger partial charge is 0.433 e. The average Bonchev–Trinajstić information content (AvgIpc) is 2.57. The van der Waals surface area contributed by atoms with Crippen LogP contribution in [0.2, 0.25) is 0 Å². The Morgan fingerprint density at radius 2 is 2.08 bits per heavy atom. The highest BCUT2D eigenvalue weighted by Crippen LogP contribution is 2.27. The third-order valence-electron chi connectivity index (χ3n) is 3.66. The second kappa shape index (κ2) is 7.85. The van der Waals surface area contributed by atoms with Crippen molar-refractivity contribution in [1.29, 1.82) is 0 Å². The molecule has 1 aliphatic rings. The summed E-state index contributed by atoms with van der Waals surface area (Å²) in [5, 5.41) is 2.48. The van der Waals surface area contributed by atoms with E-state index in [0.29, 0.717) is 0 Å². The molecule has 144 valence electrons. The van der Waals surface area contributed by atoms with Crippen molar-refractivity contribution in [1.82, 2.24) is 25.1 Å². The fourth-order valence-corrected chi connectivity index (χ4v) is 2.39. The van der Waals surface area contributed by atoms with Crippen LogP contribution in [0, 0.1) is 6.92 Å². The Kier molecular flexibility index (Phi) is 6.01. The molecule has 1 aromatic rings. The van der Waals surface area contributed by atoms with Crippen LogP contribution in [0.25, 0.3) is 0 Å². The van der Waals surface area contributed by atoms with Crippen LogP contribution in [0.15, 0.2) is 6.07 Å². The van der Waals surface area contributed by atoms with E-state index in [-0.39, 0.29) is 43.7 Å². The van der Waals surface area contributed by atoms with Gasteiger partial charge in [0.1, 0.15) is 11.5 Å². The van der Waals surface area contributed by atoms with Gasteiger partial charge in [-0.3, -0.25) is 4.79 Å². The summed E-state index contributed by atoms with van der Waals surface area (Å²) in [6.07, 6.45) is -5.35. The molecule has 1 saturated heterocycles. The molecule has 1 atom stereocenters. The summed E-state index contributed by atoms with van der Waals surface area (Å²) >= 11 is 0. The van der Waals surface area contributed by atoms with Crippen LogP contribution >= 0.6 is 0 Å². The summed E-state index contributed by atoms with van der Waals surface area (Å²) in [4.78, 5) is 34.2. The van der Waals surface area contributed by atoms with Crippen molar-refractivity contribution < 1.29 is 27.5 Å². The molecule has 1 N–H and O–H groups in total. The Morgan fingerprint density at radius 1 is 1.38 bits per heavy atom. The van der Waals surface area contributed by atoms with Crippen molar-refractivity contribution in [3.8, 4) is 0 Å². The molecule has 8 nitrogen and oxygen atoms in total. The van der Waals surface area contributed by atoms with Crippen LogP contribution < -0.4 is 5.32 Å². The Hall–Kier alpha value is -2.43. The normalized spacial score (nSPS) is 17.8. The fourth-order valence-electron chi connectivity index (χ4n) is 2.39. The lowest BCUT2D eigenvalue weighted by atomic mass is 10.2. The maximum atomic E-state index is 12.8. The van der Waals surface area contributed by atoms with Gasteiger partial charge in [0.05, 0.1) is 19.7 Å². The van der Waals surface area contributed by atoms with Crippen LogP contribution in [-0.4, -0.2) is 71.6 Å². The Morgan fingerprint density at radius 3 is 2.69 bits per heavy atom. The molecule has 1 fully saturated rings. The number of halogens is 3. The summed E-state index contributed by atoms with van der Waals surface area (Å²) in [6.45, 7) is 1.68. The Bertz CT molecular complexity index is 681. The molecule has 1 aromatic heterocycles. The van der Waals surface area contributed by atoms with Crippen LogP contribution in [0.5, 0.6) is 0 Å². The molecule has 0 spiro atoms. The molecule has 0 saturated carbocycles. The second-order valence-corrected chi connectivity index (χ2v) is 6.01. The molecule has 26 heavy (non-hydrogen) atoms. The maximum absolute atomic E-state index is 12.8. The number of nitrogens with zero attached hydrogens (tertiary/aromatic N) is 4. The average molecular weight is 375 g/mol. The number of hydrogen-bond acceptors (Lipinski definition) is 5. The van der Waals surface area contributed by atoms with E-state index < -0.39 is 24.0 Å². The van der Waals surface area contributed by atoms with Crippen molar-refractivity contribution in [2.45, 2.75) is 25.7 Å². The third-order valence-corrected chi connectivity index (χ3v) is 3.66. The van der Waals surface area contributed by atoms with E-state index in [9.17, 15) is 22.8 Å². The van der Waals surface area contributed by atoms with Crippen molar-refractivity contribution in [3.63, 3.8) is 0 Å². The molecule has 2 heterocycles. The fraction of sp³-hybridized carbons (Fsp3) is 0.600. The lowest BCUT2D eigenvalue weighted by molar-refractivity contribution is -0.145. The van der Waals surface area contributed by atoms with Crippen LogP contribution in [0.1, 0.15) is 17.2 Å². The van der Waals surface area contributed by atoms with Gasteiger partial charge in [-0.25, -0.2) is 14.8 Å². The molecule has 0 aromatic carbocycles. The van der Waals surface area contributed by atoms with Crippen molar-refractivity contribution in [2.75, 3.05) is 33.8 Å². The number of aromatic nitrogens is 2. The smallest absolute Gasteiger partial charge is 0.365 e. The van der Waals surface area contributed by atoms with Gasteiger partial charge in [-0.15, -0.1) is 0 Å². The van der Waals surface area contributed by atoms with Gasteiger partial charge >= 0.3 is 12.2 Å². The monoisotopic (exact) mass is 375 g/mol. The summed E-state index contributed by atoms with van der Waals surface area (Å²) in [6, 6.07) is 0.314. The van der Waals surface area contributed by atoms with Gasteiger partial charge in [-0.2, -0.15) is 13.2 Å². The van der Waals surface area contributed by atoms with E-state index in [1.54, 1.807) is 14.1 Å². The maximum Gasteiger partial charge on any atom is 0.433 e. The molecule has 0 radical (unpaired) electrons. The summed E-state index contributed by atoms with van der Waals surface area (Å²) in [5.41, 5.74) is -0.906. The first-order chi connectivity index (χ1) is 12.1. The van der Waals surface area contributed by atoms with Crippen molar-refractivity contribution >= 4 is 11.9 Å². The standard InChI is InChI=1S/C15H20F3N5O3/c1-9-6-11(15(16,17)18)21-12(20-9)7-19-14(25)23-4-5-26-10(8-23)13(24)22(2)3/h6,10H,4-5,7-8H2,1-3H3,(H,19,25)/t10-/m1/s1. The Balaban J connectivity index is 1.98. The number of ether oxygens (including phenoxy) is 1. The molecular formula is C15H20F3N5O3. The van der Waals surface area contributed by atoms with Gasteiger partial charge in [-0.1, -0.05) is 0 Å². The molecule has 11 heteroatoms. The molecule has 3 amide bonds. The number of amides is 3. The summed E-state index contributed by atoms with van der Waals surface area (Å²) < 4.78 is 43.7. The zero-order valence-electron chi connectivity index (χ0n) is 14.6. The minimum Gasteiger partial charge on any atom is -0.365 e. The number of carbonyl (C=O) groups is 2. The van der Waals surface area contributed by atoms with E-state index >= 15 is 0 Å². The lowest BCUT2D eigenvalue weighted by Crippen LogP contribution is -2.53. The van der Waals surface area contributed by atoms with E-state index in [1.807, 2.05) is 0 Å². The Labute approximate surface area is 148 Å². The number of alkyl halides is 3. The van der Waals surface area contributed by atoms with Crippen molar-refractivity contribution in [2.24, 2.45) is 0 Å². The molecule has 0 unspecified atom stereocenters. The quantitative estimate of drug-likeness (QED) is 0.845. The zero-order valence-corrected chi connectivity index (χ0v) is 14.6. The number of nitrogens with one attached hydrogen (secondary N) is 1. The lowest BCUT2D eigenvalue weighted by Gasteiger charge is -2.33. The molecular weight excluding hydrogens is 355 g/mol. The van der Waals surface area contributed by atoms with Crippen LogP contribution in [0.3, 0.4) is 0 Å². The van der Waals surface area contributed by atoms with Gasteiger partial charge in [0.15, 0.2) is 6.10 Å². The number of morpholine rings is 1. The van der Waals surface area contributed by atoms with Crippen LogP contribution in [-0.2, 0) is 22.3 Å². The van der Waals surface area contributed by atoms with Gasteiger partial charge in [0, 0.05) is 26.3 Å². The SMILES string of the molecule is Cc1cc(C(F)(F)F)nc(CNC(=O)N2CCO[C@@H](C(=O)N(C)C)C2)n1. The van der Waals surface area contributed by atoms with Crippen LogP contribution in [0.4, 0.5) is 18.0 Å². The van der Waals surface area contributed by atoms with Gasteiger partial charge in [0.2, 0.25) is 0 Å².